The van der Waals surface area contributed by atoms with Gasteiger partial charge in [-0.05, 0) is 32.2 Å². The van der Waals surface area contributed by atoms with E-state index in [0.29, 0.717) is 47.9 Å². The Balaban J connectivity index is 2.40. The summed E-state index contributed by atoms with van der Waals surface area (Å²) in [5.41, 5.74) is 0.765. The summed E-state index contributed by atoms with van der Waals surface area (Å²) < 4.78 is 33.2. The number of furan rings is 1. The molecule has 2 rings (SSSR count). The van der Waals surface area contributed by atoms with E-state index in [0.717, 1.165) is 12.1 Å². The third-order valence-corrected chi connectivity index (χ3v) is 6.46. The Morgan fingerprint density at radius 2 is 1.76 bits per heavy atom. The van der Waals surface area contributed by atoms with E-state index in [2.05, 4.69) is 19.2 Å². The van der Waals surface area contributed by atoms with E-state index in [-0.39, 0.29) is 0 Å². The Labute approximate surface area is 127 Å². The number of sulfonamides is 1. The molecular weight excluding hydrogens is 288 g/mol. The normalized spacial score (nSPS) is 23.9. The Hall–Kier alpha value is -0.850. The van der Waals surface area contributed by atoms with E-state index in [4.69, 9.17) is 4.42 Å². The van der Waals surface area contributed by atoms with Crippen molar-refractivity contribution in [3.05, 3.63) is 17.1 Å². The molecule has 120 valence electrons. The topological polar surface area (TPSA) is 62.6 Å². The van der Waals surface area contributed by atoms with E-state index < -0.39 is 10.0 Å². The second-order valence-electron chi connectivity index (χ2n) is 6.08. The van der Waals surface area contributed by atoms with Crippen LogP contribution in [0.5, 0.6) is 0 Å². The molecule has 2 atom stereocenters. The molecular formula is C15H26N2O3S. The van der Waals surface area contributed by atoms with E-state index in [1.807, 2.05) is 13.8 Å². The summed E-state index contributed by atoms with van der Waals surface area (Å²) in [6.45, 7) is 12.3. The molecule has 2 unspecified atom stereocenters. The molecule has 5 nitrogen and oxygen atoms in total. The Morgan fingerprint density at radius 3 is 2.29 bits per heavy atom. The van der Waals surface area contributed by atoms with Crippen LogP contribution in [0.15, 0.2) is 9.31 Å². The zero-order chi connectivity index (χ0) is 15.8. The van der Waals surface area contributed by atoms with Crippen molar-refractivity contribution in [2.75, 3.05) is 19.6 Å². The summed E-state index contributed by atoms with van der Waals surface area (Å²) in [7, 11) is -3.48. The largest absolute Gasteiger partial charge is 0.465 e. The van der Waals surface area contributed by atoms with Gasteiger partial charge in [-0.1, -0.05) is 20.8 Å². The second-order valence-corrected chi connectivity index (χ2v) is 7.95. The third kappa shape index (κ3) is 3.03. The lowest BCUT2D eigenvalue weighted by molar-refractivity contribution is 0.456. The van der Waals surface area contributed by atoms with Gasteiger partial charge in [0, 0.05) is 25.2 Å². The van der Waals surface area contributed by atoms with Gasteiger partial charge >= 0.3 is 0 Å². The molecule has 0 aromatic carbocycles. The van der Waals surface area contributed by atoms with Crippen molar-refractivity contribution >= 4 is 10.0 Å². The molecule has 2 heterocycles. The van der Waals surface area contributed by atoms with Gasteiger partial charge in [0.25, 0.3) is 0 Å². The lowest BCUT2D eigenvalue weighted by Gasteiger charge is -2.17. The van der Waals surface area contributed by atoms with Crippen LogP contribution in [0.2, 0.25) is 0 Å². The minimum Gasteiger partial charge on any atom is -0.465 e. The lowest BCUT2D eigenvalue weighted by atomic mass is 10.0. The maximum absolute atomic E-state index is 13.0. The summed E-state index contributed by atoms with van der Waals surface area (Å²) in [5, 5.41) is 3.20. The van der Waals surface area contributed by atoms with E-state index in [9.17, 15) is 8.42 Å². The molecule has 0 aliphatic carbocycles. The standard InChI is InChI=1S/C15H26N2O3S/c1-6-16-7-14-12(4)20-13(5)15(14)21(18,19)17-8-10(2)11(3)9-17/h10-11,16H,6-9H2,1-5H3. The second kappa shape index (κ2) is 6.10. The highest BCUT2D eigenvalue weighted by Gasteiger charge is 2.38. The summed E-state index contributed by atoms with van der Waals surface area (Å²) >= 11 is 0. The van der Waals surface area contributed by atoms with Gasteiger partial charge in [-0.25, -0.2) is 8.42 Å². The van der Waals surface area contributed by atoms with Crippen LogP contribution in [0.4, 0.5) is 0 Å². The molecule has 1 N–H and O–H groups in total. The third-order valence-electron chi connectivity index (χ3n) is 4.43. The fraction of sp³-hybridized carbons (Fsp3) is 0.733. The van der Waals surface area contributed by atoms with Crippen LogP contribution in [-0.2, 0) is 16.6 Å². The molecule has 0 radical (unpaired) electrons. The van der Waals surface area contributed by atoms with Crippen LogP contribution < -0.4 is 5.32 Å². The number of nitrogens with one attached hydrogen (secondary N) is 1. The molecule has 1 fully saturated rings. The molecule has 21 heavy (non-hydrogen) atoms. The van der Waals surface area contributed by atoms with Crippen molar-refractivity contribution in [1.29, 1.82) is 0 Å². The van der Waals surface area contributed by atoms with Crippen LogP contribution >= 0.6 is 0 Å². The Bertz CT molecular complexity index is 597. The number of hydrogen-bond acceptors (Lipinski definition) is 4. The molecule has 6 heteroatoms. The van der Waals surface area contributed by atoms with Gasteiger partial charge in [0.1, 0.15) is 16.4 Å². The van der Waals surface area contributed by atoms with Gasteiger partial charge in [0.15, 0.2) is 0 Å². The smallest absolute Gasteiger partial charge is 0.246 e. The van der Waals surface area contributed by atoms with Gasteiger partial charge in [-0.3, -0.25) is 0 Å². The van der Waals surface area contributed by atoms with E-state index in [1.165, 1.54) is 0 Å². The maximum Gasteiger partial charge on any atom is 0.246 e. The highest BCUT2D eigenvalue weighted by Crippen LogP contribution is 2.33. The van der Waals surface area contributed by atoms with Gasteiger partial charge in [-0.2, -0.15) is 4.31 Å². The van der Waals surface area contributed by atoms with Crippen LogP contribution in [0.25, 0.3) is 0 Å². The van der Waals surface area contributed by atoms with E-state index in [1.54, 1.807) is 11.2 Å². The molecule has 1 aliphatic heterocycles. The van der Waals surface area contributed by atoms with Crippen molar-refractivity contribution in [3.8, 4) is 0 Å². The summed E-state index contributed by atoms with van der Waals surface area (Å²) in [4.78, 5) is 0.363. The van der Waals surface area contributed by atoms with Crippen molar-refractivity contribution in [2.45, 2.75) is 46.1 Å². The van der Waals surface area contributed by atoms with Crippen molar-refractivity contribution in [3.63, 3.8) is 0 Å². The van der Waals surface area contributed by atoms with Crippen LogP contribution in [0, 0.1) is 25.7 Å². The van der Waals surface area contributed by atoms with Crippen LogP contribution in [-0.4, -0.2) is 32.4 Å². The van der Waals surface area contributed by atoms with E-state index >= 15 is 0 Å². The van der Waals surface area contributed by atoms with Crippen LogP contribution in [0.1, 0.15) is 37.9 Å². The highest BCUT2D eigenvalue weighted by atomic mass is 32.2. The highest BCUT2D eigenvalue weighted by molar-refractivity contribution is 7.89. The number of nitrogens with zero attached hydrogens (tertiary/aromatic N) is 1. The maximum atomic E-state index is 13.0. The average Bonchev–Trinajstić information content (AvgIpc) is 2.88. The zero-order valence-electron chi connectivity index (χ0n) is 13.6. The first-order chi connectivity index (χ1) is 9.78. The summed E-state index contributed by atoms with van der Waals surface area (Å²) in [5.74, 6) is 1.97. The van der Waals surface area contributed by atoms with Crippen molar-refractivity contribution in [1.82, 2.24) is 9.62 Å². The van der Waals surface area contributed by atoms with Gasteiger partial charge in [-0.15, -0.1) is 0 Å². The fourth-order valence-electron chi connectivity index (χ4n) is 2.90. The van der Waals surface area contributed by atoms with Crippen LogP contribution in [0.3, 0.4) is 0 Å². The SMILES string of the molecule is CCNCc1c(C)oc(C)c1S(=O)(=O)N1CC(C)C(C)C1. The van der Waals surface area contributed by atoms with Gasteiger partial charge in [0.05, 0.1) is 0 Å². The molecule has 1 aromatic heterocycles. The van der Waals surface area contributed by atoms with Crippen molar-refractivity contribution in [2.24, 2.45) is 11.8 Å². The fourth-order valence-corrected chi connectivity index (χ4v) is 4.96. The monoisotopic (exact) mass is 314 g/mol. The molecule has 1 aromatic rings. The average molecular weight is 314 g/mol. The first-order valence-corrected chi connectivity index (χ1v) is 9.02. The molecule has 1 aliphatic rings. The molecule has 0 spiro atoms. The van der Waals surface area contributed by atoms with Gasteiger partial charge in [0.2, 0.25) is 10.0 Å². The van der Waals surface area contributed by atoms with Gasteiger partial charge < -0.3 is 9.73 Å². The number of rotatable bonds is 5. The first kappa shape index (κ1) is 16.5. The minimum atomic E-state index is -3.48. The molecule has 0 saturated carbocycles. The number of aryl methyl sites for hydroxylation is 2. The quantitative estimate of drug-likeness (QED) is 0.906. The Morgan fingerprint density at radius 1 is 1.19 bits per heavy atom. The lowest BCUT2D eigenvalue weighted by Crippen LogP contribution is -2.30. The zero-order valence-corrected chi connectivity index (χ0v) is 14.4. The molecule has 0 bridgehead atoms. The number of hydrogen-bond donors (Lipinski definition) is 1. The Kier molecular flexibility index (Phi) is 4.80. The first-order valence-electron chi connectivity index (χ1n) is 7.58. The summed E-state index contributed by atoms with van der Waals surface area (Å²) in [6, 6.07) is 0. The predicted molar refractivity (Wildman–Crippen MR) is 82.6 cm³/mol. The molecule has 0 amide bonds. The summed E-state index contributed by atoms with van der Waals surface area (Å²) in [6.07, 6.45) is 0. The molecule has 1 saturated heterocycles. The minimum absolute atomic E-state index is 0.363. The van der Waals surface area contributed by atoms with Crippen molar-refractivity contribution < 1.29 is 12.8 Å². The predicted octanol–water partition coefficient (Wildman–Crippen LogP) is 2.28.